The number of hydrogen-bond donors (Lipinski definition) is 7. The summed E-state index contributed by atoms with van der Waals surface area (Å²) in [4.78, 5) is 69.2. The Morgan fingerprint density at radius 2 is 0.877 bits per heavy atom. The van der Waals surface area contributed by atoms with Crippen molar-refractivity contribution < 1.29 is 82.0 Å². The monoisotopic (exact) mass is 1110 g/mol. The molecule has 0 radical (unpaired) electrons. The number of nitrogens with one attached hydrogen (secondary N) is 1. The summed E-state index contributed by atoms with van der Waals surface area (Å²) in [6, 6.07) is 38.5. The van der Waals surface area contributed by atoms with Gasteiger partial charge in [-0.2, -0.15) is 0 Å². The fraction of sp³-hybridized carbons (Fsp3) is 0.300. The van der Waals surface area contributed by atoms with Crippen LogP contribution in [-0.4, -0.2) is 131 Å². The molecule has 0 aliphatic heterocycles. The number of methoxy groups -OCH3 is 2. The highest BCUT2D eigenvalue weighted by atomic mass is 16.5. The average Bonchev–Trinajstić information content (AvgIpc) is 3.94. The number of ether oxygens (including phenoxy) is 8. The summed E-state index contributed by atoms with van der Waals surface area (Å²) >= 11 is 0. The van der Waals surface area contributed by atoms with E-state index in [2.05, 4.69) is 53.8 Å². The van der Waals surface area contributed by atoms with Gasteiger partial charge in [-0.15, -0.1) is 0 Å². The predicted octanol–water partition coefficient (Wildman–Crippen LogP) is 6.93. The van der Waals surface area contributed by atoms with E-state index in [1.54, 1.807) is 0 Å². The molecule has 10 N–H and O–H groups in total. The minimum absolute atomic E-state index is 0.00712. The van der Waals surface area contributed by atoms with Crippen LogP contribution >= 0.6 is 0 Å². The molecule has 0 heterocycles. The maximum Gasteiger partial charge on any atom is 0.329 e. The van der Waals surface area contributed by atoms with Gasteiger partial charge in [0, 0.05) is 37.9 Å². The fourth-order valence-electron chi connectivity index (χ4n) is 9.04. The fourth-order valence-corrected chi connectivity index (χ4v) is 9.04. The lowest BCUT2D eigenvalue weighted by atomic mass is 9.98. The number of rotatable bonds is 27. The van der Waals surface area contributed by atoms with Crippen molar-refractivity contribution in [2.24, 2.45) is 11.5 Å². The van der Waals surface area contributed by atoms with E-state index in [0.29, 0.717) is 45.9 Å². The number of phenols is 2. The number of carbonyl (C=O) groups excluding carboxylic acids is 5. The summed E-state index contributed by atoms with van der Waals surface area (Å²) in [6.07, 6.45) is 1.57. The number of aliphatic carboxylic acids is 1. The Bertz CT molecular complexity index is 3060. The highest BCUT2D eigenvalue weighted by molar-refractivity contribution is 6.03. The smallest absolute Gasteiger partial charge is 0.329 e. The number of benzene rings is 6. The molecule has 0 aromatic heterocycles. The average molecular weight is 1120 g/mol. The first-order chi connectivity index (χ1) is 39.1. The molecule has 6 aromatic carbocycles. The lowest BCUT2D eigenvalue weighted by Gasteiger charge is -2.14. The molecule has 0 saturated carbocycles. The van der Waals surface area contributed by atoms with Crippen LogP contribution in [0.25, 0.3) is 22.3 Å². The number of aromatic hydroxyl groups is 2. The molecule has 3 amide bonds. The summed E-state index contributed by atoms with van der Waals surface area (Å²) in [6.45, 7) is 1.66. The van der Waals surface area contributed by atoms with Crippen LogP contribution in [0.5, 0.6) is 23.0 Å². The highest BCUT2D eigenvalue weighted by Gasteiger charge is 2.30. The maximum absolute atomic E-state index is 12.3. The van der Waals surface area contributed by atoms with Gasteiger partial charge >= 0.3 is 17.9 Å². The van der Waals surface area contributed by atoms with E-state index in [1.807, 2.05) is 48.5 Å². The minimum atomic E-state index is -1.00. The van der Waals surface area contributed by atoms with Crippen molar-refractivity contribution in [1.82, 2.24) is 0 Å². The number of carbonyl (C=O) groups is 6. The van der Waals surface area contributed by atoms with Gasteiger partial charge in [0.15, 0.2) is 11.5 Å². The second kappa shape index (κ2) is 30.9. The third kappa shape index (κ3) is 17.0. The number of carboxylic acid groups (broad SMARTS) is 1. The number of anilines is 2. The molecule has 0 spiro atoms. The standard InChI is InChI=1S/C30H32N2O8.C22H24O6.C8H10N2O3/c1-37-25-13-12-24(29(35)28(25)30(31)36)32-26(33)18-39-16-15-38-14-6-11-27(34)40-17-23-21-9-4-2-7-19(21)20-8-3-5-10-22(20)23;23-21(24)15-27-13-12-26-11-5-10-22(25)28-14-20-18-8-3-1-6-16(18)17-7-2-4-9-19(17)20;1-13-5-3-2-4(9)7(11)6(5)8(10)12/h2-5,7-10,12-13,23,35H,6,11,14-18H2,1H3,(H2,31,36)(H,32,33);1-4,6-9,20H,5,10-15H2,(H,23,24);2-3,11H,9H2,1H3,(H2,10,12). The number of fused-ring (bicyclic) bond motifs is 6. The molecule has 6 aromatic rings. The Morgan fingerprint density at radius 3 is 1.28 bits per heavy atom. The Hall–Kier alpha value is -9.02. The van der Waals surface area contributed by atoms with Crippen molar-refractivity contribution in [3.63, 3.8) is 0 Å². The van der Waals surface area contributed by atoms with Crippen molar-refractivity contribution in [2.75, 3.05) is 91.3 Å². The molecular weight excluding hydrogens is 1050 g/mol. The number of hydrogen-bond acceptors (Lipinski definition) is 17. The summed E-state index contributed by atoms with van der Waals surface area (Å²) in [5.74, 6) is -4.16. The van der Waals surface area contributed by atoms with E-state index in [-0.39, 0.29) is 109 Å². The van der Waals surface area contributed by atoms with Crippen LogP contribution in [0.1, 0.15) is 80.5 Å². The van der Waals surface area contributed by atoms with Gasteiger partial charge in [0.05, 0.1) is 52.0 Å². The van der Waals surface area contributed by atoms with Crippen LogP contribution in [0.3, 0.4) is 0 Å². The van der Waals surface area contributed by atoms with E-state index in [4.69, 9.17) is 60.2 Å². The van der Waals surface area contributed by atoms with E-state index in [0.717, 1.165) is 0 Å². The van der Waals surface area contributed by atoms with Gasteiger partial charge in [0.25, 0.3) is 11.8 Å². The highest BCUT2D eigenvalue weighted by Crippen LogP contribution is 2.46. The molecule has 81 heavy (non-hydrogen) atoms. The van der Waals surface area contributed by atoms with Crippen molar-refractivity contribution in [1.29, 1.82) is 0 Å². The third-order valence-electron chi connectivity index (χ3n) is 12.8. The topological polar surface area (TPSA) is 327 Å². The third-order valence-corrected chi connectivity index (χ3v) is 12.8. The SMILES string of the molecule is COc1ccc(N)c(O)c1C(N)=O.COc1ccc(NC(=O)COCCOCCCC(=O)OCC2c3ccccc3-c3ccccc32)c(O)c1C(N)=O.O=C(O)COCCOCCCC(=O)OCC1c2ccccc2-c2ccccc21. The van der Waals surface area contributed by atoms with Crippen LogP contribution in [0.4, 0.5) is 11.4 Å². The van der Waals surface area contributed by atoms with Crippen LogP contribution in [0.2, 0.25) is 0 Å². The largest absolute Gasteiger partial charge is 0.505 e. The van der Waals surface area contributed by atoms with Gasteiger partial charge in [0.1, 0.15) is 49.1 Å². The number of carboxylic acids is 1. The normalized spacial score (nSPS) is 11.7. The van der Waals surface area contributed by atoms with Crippen molar-refractivity contribution in [2.45, 2.75) is 37.5 Å². The van der Waals surface area contributed by atoms with Crippen LogP contribution in [-0.2, 0) is 47.6 Å². The first kappa shape index (κ1) is 61.2. The zero-order valence-corrected chi connectivity index (χ0v) is 44.9. The van der Waals surface area contributed by atoms with E-state index in [1.165, 1.54) is 83.0 Å². The second-order valence-corrected chi connectivity index (χ2v) is 18.1. The zero-order chi connectivity index (χ0) is 58.3. The molecule has 2 aliphatic rings. The van der Waals surface area contributed by atoms with Crippen molar-refractivity contribution in [3.8, 4) is 45.3 Å². The van der Waals surface area contributed by atoms with Gasteiger partial charge in [-0.05, 0) is 81.6 Å². The van der Waals surface area contributed by atoms with Crippen LogP contribution < -0.4 is 32.0 Å². The maximum atomic E-state index is 12.3. The molecule has 0 bridgehead atoms. The van der Waals surface area contributed by atoms with Crippen molar-refractivity contribution in [3.05, 3.63) is 155 Å². The summed E-state index contributed by atoms with van der Waals surface area (Å²) < 4.78 is 41.9. The predicted molar refractivity (Wildman–Crippen MR) is 298 cm³/mol. The quantitative estimate of drug-likeness (QED) is 0.0119. The second-order valence-electron chi connectivity index (χ2n) is 18.1. The number of amides is 3. The molecule has 0 unspecified atom stereocenters. The molecule has 0 fully saturated rings. The lowest BCUT2D eigenvalue weighted by Crippen LogP contribution is -2.21. The number of nitrogens with two attached hydrogens (primary N) is 3. The molecule has 0 saturated heterocycles. The van der Waals surface area contributed by atoms with Crippen LogP contribution in [0.15, 0.2) is 121 Å². The number of primary amides is 2. The first-order valence-corrected chi connectivity index (χ1v) is 25.8. The Kier molecular flexibility index (Phi) is 23.4. The summed E-state index contributed by atoms with van der Waals surface area (Å²) in [5, 5.41) is 30.5. The number of nitrogen functional groups attached to an aromatic ring is 1. The van der Waals surface area contributed by atoms with E-state index >= 15 is 0 Å². The minimum Gasteiger partial charge on any atom is -0.505 e. The Labute approximate surface area is 467 Å². The van der Waals surface area contributed by atoms with Gasteiger partial charge in [-0.1, -0.05) is 97.1 Å². The molecule has 0 atom stereocenters. The van der Waals surface area contributed by atoms with E-state index < -0.39 is 29.4 Å². The van der Waals surface area contributed by atoms with Crippen molar-refractivity contribution >= 4 is 47.0 Å². The lowest BCUT2D eigenvalue weighted by molar-refractivity contribution is -0.145. The molecule has 21 nitrogen and oxygen atoms in total. The molecule has 21 heteroatoms. The molecule has 428 valence electrons. The zero-order valence-electron chi connectivity index (χ0n) is 44.9. The van der Waals surface area contributed by atoms with Gasteiger partial charge in [-0.25, -0.2) is 4.79 Å². The van der Waals surface area contributed by atoms with Gasteiger partial charge in [-0.3, -0.25) is 24.0 Å². The van der Waals surface area contributed by atoms with Crippen LogP contribution in [0, 0.1) is 0 Å². The molecular formula is C60H66N4O17. The Balaban J connectivity index is 0.000000222. The Morgan fingerprint density at radius 1 is 0.494 bits per heavy atom. The molecule has 8 rings (SSSR count). The molecule has 2 aliphatic carbocycles. The van der Waals surface area contributed by atoms with Gasteiger partial charge < -0.3 is 75.7 Å². The summed E-state index contributed by atoms with van der Waals surface area (Å²) in [5.41, 5.74) is 25.0. The van der Waals surface area contributed by atoms with Gasteiger partial charge in [0.2, 0.25) is 5.91 Å². The van der Waals surface area contributed by atoms with E-state index in [9.17, 15) is 39.0 Å². The summed E-state index contributed by atoms with van der Waals surface area (Å²) in [7, 11) is 2.70. The first-order valence-electron chi connectivity index (χ1n) is 25.8. The number of esters is 2.